The van der Waals surface area contributed by atoms with Gasteiger partial charge in [-0.05, 0) is 51.3 Å². The summed E-state index contributed by atoms with van der Waals surface area (Å²) >= 11 is 0. The minimum atomic E-state index is -0.306. The number of para-hydroxylation sites is 1. The number of nitro groups is 1. The lowest BCUT2D eigenvalue weighted by Crippen LogP contribution is -2.30. The van der Waals surface area contributed by atoms with Gasteiger partial charge in [-0.2, -0.15) is 0 Å². The van der Waals surface area contributed by atoms with E-state index < -0.39 is 0 Å². The summed E-state index contributed by atoms with van der Waals surface area (Å²) in [5, 5.41) is 17.7. The van der Waals surface area contributed by atoms with Gasteiger partial charge in [0, 0.05) is 12.1 Å². The summed E-state index contributed by atoms with van der Waals surface area (Å²) in [5.74, 6) is 0.685. The fraction of sp³-hybridized carbons (Fsp3) is 0.571. The highest BCUT2D eigenvalue weighted by atomic mass is 16.6. The number of nitro benzene ring substituents is 1. The van der Waals surface area contributed by atoms with Crippen molar-refractivity contribution in [3.63, 3.8) is 0 Å². The van der Waals surface area contributed by atoms with Gasteiger partial charge in [-0.15, -0.1) is 0 Å². The fourth-order valence-corrected chi connectivity index (χ4v) is 2.63. The number of rotatable bonds is 5. The second-order valence-electron chi connectivity index (χ2n) is 5.16. The summed E-state index contributed by atoms with van der Waals surface area (Å²) in [4.78, 5) is 10.8. The summed E-state index contributed by atoms with van der Waals surface area (Å²) in [7, 11) is 0. The van der Waals surface area contributed by atoms with Gasteiger partial charge in [-0.3, -0.25) is 10.1 Å². The molecule has 19 heavy (non-hydrogen) atoms. The van der Waals surface area contributed by atoms with Crippen LogP contribution in [0.15, 0.2) is 18.2 Å². The van der Waals surface area contributed by atoms with Crippen LogP contribution in [-0.4, -0.2) is 24.6 Å². The van der Waals surface area contributed by atoms with Gasteiger partial charge in [0.2, 0.25) is 0 Å². The minimum absolute atomic E-state index is 0.198. The zero-order valence-electron chi connectivity index (χ0n) is 11.3. The number of benzene rings is 1. The smallest absolute Gasteiger partial charge is 0.295 e. The van der Waals surface area contributed by atoms with Crippen LogP contribution < -0.4 is 10.6 Å². The van der Waals surface area contributed by atoms with Gasteiger partial charge in [0.1, 0.15) is 5.69 Å². The molecule has 1 unspecified atom stereocenters. The maximum absolute atomic E-state index is 11.1. The van der Waals surface area contributed by atoms with Crippen molar-refractivity contribution < 1.29 is 4.92 Å². The topological polar surface area (TPSA) is 67.2 Å². The number of nitrogens with zero attached hydrogens (tertiary/aromatic N) is 1. The molecule has 1 aliphatic heterocycles. The quantitative estimate of drug-likeness (QED) is 0.633. The van der Waals surface area contributed by atoms with E-state index in [0.29, 0.717) is 17.2 Å². The number of hydrogen-bond donors (Lipinski definition) is 2. The van der Waals surface area contributed by atoms with Crippen molar-refractivity contribution in [2.75, 3.05) is 25.0 Å². The molecule has 2 rings (SSSR count). The van der Waals surface area contributed by atoms with E-state index in [1.165, 1.54) is 12.8 Å². The highest BCUT2D eigenvalue weighted by Crippen LogP contribution is 2.28. The van der Waals surface area contributed by atoms with Gasteiger partial charge >= 0.3 is 0 Å². The van der Waals surface area contributed by atoms with Crippen molar-refractivity contribution >= 4 is 11.4 Å². The average Bonchev–Trinajstić information content (AvgIpc) is 2.39. The SMILES string of the molecule is Cc1cccc(NCCC2CCCNC2)c1[N+](=O)[O-]. The Bertz CT molecular complexity index is 442. The molecule has 1 aromatic rings. The van der Waals surface area contributed by atoms with E-state index in [2.05, 4.69) is 10.6 Å². The van der Waals surface area contributed by atoms with Crippen molar-refractivity contribution in [2.45, 2.75) is 26.2 Å². The Labute approximate surface area is 113 Å². The molecular formula is C14H21N3O2. The van der Waals surface area contributed by atoms with Crippen LogP contribution in [0.25, 0.3) is 0 Å². The predicted molar refractivity (Wildman–Crippen MR) is 76.5 cm³/mol. The lowest BCUT2D eigenvalue weighted by atomic mass is 9.96. The maximum Gasteiger partial charge on any atom is 0.295 e. The first kappa shape index (κ1) is 13.8. The average molecular weight is 263 g/mol. The summed E-state index contributed by atoms with van der Waals surface area (Å²) in [6.07, 6.45) is 3.54. The first-order valence-electron chi connectivity index (χ1n) is 6.87. The van der Waals surface area contributed by atoms with Crippen molar-refractivity contribution in [3.05, 3.63) is 33.9 Å². The molecule has 0 radical (unpaired) electrons. The molecule has 0 aromatic heterocycles. The Morgan fingerprint density at radius 3 is 3.05 bits per heavy atom. The Morgan fingerprint density at radius 2 is 2.37 bits per heavy atom. The van der Waals surface area contributed by atoms with Crippen LogP contribution in [0.5, 0.6) is 0 Å². The zero-order valence-corrected chi connectivity index (χ0v) is 11.3. The largest absolute Gasteiger partial charge is 0.379 e. The molecule has 5 heteroatoms. The third kappa shape index (κ3) is 3.67. The monoisotopic (exact) mass is 263 g/mol. The van der Waals surface area contributed by atoms with Gasteiger partial charge < -0.3 is 10.6 Å². The third-order valence-electron chi connectivity index (χ3n) is 3.69. The second kappa shape index (κ2) is 6.52. The maximum atomic E-state index is 11.1. The summed E-state index contributed by atoms with van der Waals surface area (Å²) in [6, 6.07) is 5.41. The Balaban J connectivity index is 1.92. The lowest BCUT2D eigenvalue weighted by molar-refractivity contribution is -0.384. The van der Waals surface area contributed by atoms with Crippen LogP contribution in [0.2, 0.25) is 0 Å². The second-order valence-corrected chi connectivity index (χ2v) is 5.16. The molecule has 1 atom stereocenters. The summed E-state index contributed by atoms with van der Waals surface area (Å²) in [6.45, 7) is 4.75. The van der Waals surface area contributed by atoms with Crippen LogP contribution in [0.1, 0.15) is 24.8 Å². The van der Waals surface area contributed by atoms with Gasteiger partial charge in [0.15, 0.2) is 0 Å². The molecular weight excluding hydrogens is 242 g/mol. The Hall–Kier alpha value is -1.62. The van der Waals surface area contributed by atoms with Crippen molar-refractivity contribution in [1.82, 2.24) is 5.32 Å². The number of anilines is 1. The highest BCUT2D eigenvalue weighted by molar-refractivity contribution is 5.64. The number of nitrogens with one attached hydrogen (secondary N) is 2. The molecule has 1 heterocycles. The number of aryl methyl sites for hydroxylation is 1. The van der Waals surface area contributed by atoms with Crippen LogP contribution >= 0.6 is 0 Å². The van der Waals surface area contributed by atoms with E-state index in [1.807, 2.05) is 6.07 Å². The lowest BCUT2D eigenvalue weighted by Gasteiger charge is -2.22. The molecule has 2 N–H and O–H groups in total. The summed E-state index contributed by atoms with van der Waals surface area (Å²) < 4.78 is 0. The Kier molecular flexibility index (Phi) is 4.74. The van der Waals surface area contributed by atoms with Gasteiger partial charge in [0.25, 0.3) is 5.69 Å². The molecule has 0 spiro atoms. The van der Waals surface area contributed by atoms with E-state index in [0.717, 1.165) is 26.1 Å². The summed E-state index contributed by atoms with van der Waals surface area (Å²) in [5.41, 5.74) is 1.53. The molecule has 0 aliphatic carbocycles. The number of hydrogen-bond acceptors (Lipinski definition) is 4. The van der Waals surface area contributed by atoms with Gasteiger partial charge in [0.05, 0.1) is 4.92 Å². The normalized spacial score (nSPS) is 19.1. The van der Waals surface area contributed by atoms with Gasteiger partial charge in [-0.25, -0.2) is 0 Å². The van der Waals surface area contributed by atoms with E-state index in [1.54, 1.807) is 19.1 Å². The molecule has 104 valence electrons. The van der Waals surface area contributed by atoms with E-state index in [9.17, 15) is 10.1 Å². The molecule has 0 bridgehead atoms. The fourth-order valence-electron chi connectivity index (χ4n) is 2.63. The van der Waals surface area contributed by atoms with Crippen LogP contribution in [-0.2, 0) is 0 Å². The molecule has 1 saturated heterocycles. The van der Waals surface area contributed by atoms with Crippen molar-refractivity contribution in [2.24, 2.45) is 5.92 Å². The van der Waals surface area contributed by atoms with Gasteiger partial charge in [-0.1, -0.05) is 12.1 Å². The van der Waals surface area contributed by atoms with Crippen molar-refractivity contribution in [3.8, 4) is 0 Å². The molecule has 0 amide bonds. The van der Waals surface area contributed by atoms with Crippen LogP contribution in [0.4, 0.5) is 11.4 Å². The molecule has 1 fully saturated rings. The van der Waals surface area contributed by atoms with Crippen molar-refractivity contribution in [1.29, 1.82) is 0 Å². The first-order chi connectivity index (χ1) is 9.18. The number of piperidine rings is 1. The highest BCUT2D eigenvalue weighted by Gasteiger charge is 2.17. The van der Waals surface area contributed by atoms with E-state index in [4.69, 9.17) is 0 Å². The predicted octanol–water partition coefficient (Wildman–Crippen LogP) is 2.70. The molecule has 0 saturated carbocycles. The molecule has 1 aromatic carbocycles. The van der Waals surface area contributed by atoms with Crippen LogP contribution in [0.3, 0.4) is 0 Å². The third-order valence-corrected chi connectivity index (χ3v) is 3.69. The minimum Gasteiger partial charge on any atom is -0.379 e. The molecule has 1 aliphatic rings. The van der Waals surface area contributed by atoms with E-state index in [-0.39, 0.29) is 10.6 Å². The van der Waals surface area contributed by atoms with Crippen LogP contribution in [0, 0.1) is 23.0 Å². The zero-order chi connectivity index (χ0) is 13.7. The first-order valence-corrected chi connectivity index (χ1v) is 6.87. The van der Waals surface area contributed by atoms with E-state index >= 15 is 0 Å². The Morgan fingerprint density at radius 1 is 1.53 bits per heavy atom. The standard InChI is InChI=1S/C14H21N3O2/c1-11-4-2-6-13(14(11)17(18)19)16-9-7-12-5-3-8-15-10-12/h2,4,6,12,15-16H,3,5,7-10H2,1H3. The molecule has 5 nitrogen and oxygen atoms in total.